The average molecular weight is 321 g/mol. The molecule has 0 saturated carbocycles. The Morgan fingerprint density at radius 1 is 1.32 bits per heavy atom. The smallest absolute Gasteiger partial charge is 0.0870 e. The van der Waals surface area contributed by atoms with Crippen LogP contribution in [0, 0.1) is 12.8 Å². The maximum Gasteiger partial charge on any atom is 0.0870 e. The molecule has 0 saturated heterocycles. The summed E-state index contributed by atoms with van der Waals surface area (Å²) < 4.78 is 1.07. The van der Waals surface area contributed by atoms with Crippen LogP contribution >= 0.6 is 15.9 Å². The van der Waals surface area contributed by atoms with E-state index < -0.39 is 0 Å². The fourth-order valence-electron chi connectivity index (χ4n) is 2.38. The van der Waals surface area contributed by atoms with Gasteiger partial charge in [0.15, 0.2) is 0 Å². The summed E-state index contributed by atoms with van der Waals surface area (Å²) in [5, 5.41) is 4.70. The van der Waals surface area contributed by atoms with Crippen LogP contribution in [0.4, 0.5) is 5.69 Å². The van der Waals surface area contributed by atoms with Gasteiger partial charge in [-0.1, -0.05) is 19.9 Å². The van der Waals surface area contributed by atoms with Crippen molar-refractivity contribution in [2.24, 2.45) is 5.92 Å². The van der Waals surface area contributed by atoms with Gasteiger partial charge in [0.2, 0.25) is 0 Å². The minimum Gasteiger partial charge on any atom is -0.385 e. The molecule has 1 N–H and O–H groups in total. The van der Waals surface area contributed by atoms with Crippen LogP contribution in [-0.4, -0.2) is 11.5 Å². The van der Waals surface area contributed by atoms with Gasteiger partial charge in [-0.2, -0.15) is 0 Å². The van der Waals surface area contributed by atoms with Crippen molar-refractivity contribution in [2.75, 3.05) is 11.9 Å². The highest BCUT2D eigenvalue weighted by atomic mass is 79.9. The zero-order valence-corrected chi connectivity index (χ0v) is 13.6. The molecule has 19 heavy (non-hydrogen) atoms. The molecule has 1 aromatic carbocycles. The number of nitrogens with one attached hydrogen (secondary N) is 1. The lowest BCUT2D eigenvalue weighted by atomic mass is 10.0. The molecule has 2 aromatic rings. The van der Waals surface area contributed by atoms with Gasteiger partial charge in [0.25, 0.3) is 0 Å². The number of aromatic nitrogens is 1. The highest BCUT2D eigenvalue weighted by molar-refractivity contribution is 9.10. The lowest BCUT2D eigenvalue weighted by Gasteiger charge is -2.14. The predicted molar refractivity (Wildman–Crippen MR) is 86.9 cm³/mol. The number of fused-ring (bicyclic) bond motifs is 1. The highest BCUT2D eigenvalue weighted by Crippen LogP contribution is 2.32. The quantitative estimate of drug-likeness (QED) is 0.863. The maximum absolute atomic E-state index is 4.83. The van der Waals surface area contributed by atoms with Crippen molar-refractivity contribution in [3.8, 4) is 0 Å². The van der Waals surface area contributed by atoms with E-state index in [-0.39, 0.29) is 0 Å². The standard InChI is InChI=1S/C16H21BrN2/c1-5-18-14-9-12(8-10(2)3)19-16-13(17)7-6-11(4)15(14)16/h6-7,9-10H,5,8H2,1-4H3,(H,18,19). The Kier molecular flexibility index (Phi) is 4.46. The van der Waals surface area contributed by atoms with Crippen LogP contribution in [0.3, 0.4) is 0 Å². The molecule has 0 spiro atoms. The summed E-state index contributed by atoms with van der Waals surface area (Å²) in [6.45, 7) is 9.64. The first kappa shape index (κ1) is 14.3. The topological polar surface area (TPSA) is 24.9 Å². The Labute approximate surface area is 123 Å². The summed E-state index contributed by atoms with van der Waals surface area (Å²) in [7, 11) is 0. The molecule has 3 heteroatoms. The van der Waals surface area contributed by atoms with Gasteiger partial charge in [-0.15, -0.1) is 0 Å². The fourth-order valence-corrected chi connectivity index (χ4v) is 2.80. The molecule has 0 aliphatic rings. The molecule has 1 aromatic heterocycles. The van der Waals surface area contributed by atoms with Gasteiger partial charge in [-0.3, -0.25) is 4.98 Å². The zero-order valence-electron chi connectivity index (χ0n) is 12.0. The normalized spacial score (nSPS) is 11.3. The number of halogens is 1. The number of hydrogen-bond acceptors (Lipinski definition) is 2. The van der Waals surface area contributed by atoms with E-state index in [9.17, 15) is 0 Å². The second kappa shape index (κ2) is 5.91. The first-order valence-corrected chi connectivity index (χ1v) is 7.64. The van der Waals surface area contributed by atoms with Crippen molar-refractivity contribution >= 4 is 32.5 Å². The molecular formula is C16H21BrN2. The summed E-state index contributed by atoms with van der Waals surface area (Å²) in [6, 6.07) is 6.42. The third-order valence-electron chi connectivity index (χ3n) is 3.16. The first-order chi connectivity index (χ1) is 9.02. The lowest BCUT2D eigenvalue weighted by Crippen LogP contribution is -2.04. The minimum absolute atomic E-state index is 0.614. The maximum atomic E-state index is 4.83. The van der Waals surface area contributed by atoms with Crippen molar-refractivity contribution in [2.45, 2.75) is 34.1 Å². The number of anilines is 1. The Morgan fingerprint density at radius 3 is 2.68 bits per heavy atom. The molecule has 0 amide bonds. The third kappa shape index (κ3) is 3.08. The summed E-state index contributed by atoms with van der Waals surface area (Å²) >= 11 is 3.63. The average Bonchev–Trinajstić information content (AvgIpc) is 2.33. The van der Waals surface area contributed by atoms with Gasteiger partial charge in [-0.25, -0.2) is 0 Å². The monoisotopic (exact) mass is 320 g/mol. The zero-order chi connectivity index (χ0) is 14.0. The summed E-state index contributed by atoms with van der Waals surface area (Å²) in [4.78, 5) is 4.83. The van der Waals surface area contributed by atoms with Gasteiger partial charge in [0.05, 0.1) is 5.52 Å². The van der Waals surface area contributed by atoms with Crippen LogP contribution in [0.1, 0.15) is 32.0 Å². The van der Waals surface area contributed by atoms with E-state index in [1.54, 1.807) is 0 Å². The number of pyridine rings is 1. The number of rotatable bonds is 4. The van der Waals surface area contributed by atoms with Crippen LogP contribution in [0.25, 0.3) is 10.9 Å². The van der Waals surface area contributed by atoms with Crippen molar-refractivity contribution in [1.82, 2.24) is 4.98 Å². The molecule has 0 fully saturated rings. The van der Waals surface area contributed by atoms with Gasteiger partial charge in [0.1, 0.15) is 0 Å². The van der Waals surface area contributed by atoms with Crippen LogP contribution < -0.4 is 5.32 Å². The van der Waals surface area contributed by atoms with E-state index in [1.165, 1.54) is 16.6 Å². The van der Waals surface area contributed by atoms with E-state index in [2.05, 4.69) is 67.1 Å². The van der Waals surface area contributed by atoms with Gasteiger partial charge in [-0.05, 0) is 59.8 Å². The SMILES string of the molecule is CCNc1cc(CC(C)C)nc2c(Br)ccc(C)c12. The second-order valence-corrected chi connectivity index (χ2v) is 6.23. The summed E-state index contributed by atoms with van der Waals surface area (Å²) in [5.41, 5.74) is 4.68. The molecule has 102 valence electrons. The van der Waals surface area contributed by atoms with Crippen LogP contribution in [0.5, 0.6) is 0 Å². The minimum atomic E-state index is 0.614. The van der Waals surface area contributed by atoms with Crippen LogP contribution in [0.2, 0.25) is 0 Å². The van der Waals surface area contributed by atoms with E-state index in [4.69, 9.17) is 4.98 Å². The molecule has 0 aliphatic heterocycles. The lowest BCUT2D eigenvalue weighted by molar-refractivity contribution is 0.637. The van der Waals surface area contributed by atoms with Crippen LogP contribution in [-0.2, 0) is 6.42 Å². The Morgan fingerprint density at radius 2 is 2.05 bits per heavy atom. The van der Waals surface area contributed by atoms with E-state index in [0.717, 1.165) is 28.6 Å². The van der Waals surface area contributed by atoms with Crippen molar-refractivity contribution in [1.29, 1.82) is 0 Å². The molecule has 0 aliphatic carbocycles. The summed E-state index contributed by atoms with van der Waals surface area (Å²) in [5.74, 6) is 0.614. The fraction of sp³-hybridized carbons (Fsp3) is 0.438. The van der Waals surface area contributed by atoms with Crippen molar-refractivity contribution in [3.05, 3.63) is 33.9 Å². The summed E-state index contributed by atoms with van der Waals surface area (Å²) in [6.07, 6.45) is 1.01. The second-order valence-electron chi connectivity index (χ2n) is 5.38. The van der Waals surface area contributed by atoms with Crippen LogP contribution in [0.15, 0.2) is 22.7 Å². The molecule has 0 atom stereocenters. The Hall–Kier alpha value is -1.09. The Balaban J connectivity index is 2.68. The highest BCUT2D eigenvalue weighted by Gasteiger charge is 2.11. The molecule has 1 heterocycles. The number of hydrogen-bond donors (Lipinski definition) is 1. The molecule has 0 radical (unpaired) electrons. The van der Waals surface area contributed by atoms with Crippen molar-refractivity contribution in [3.63, 3.8) is 0 Å². The van der Waals surface area contributed by atoms with E-state index >= 15 is 0 Å². The molecule has 0 bridgehead atoms. The number of aryl methyl sites for hydroxylation is 1. The number of nitrogens with zero attached hydrogens (tertiary/aromatic N) is 1. The largest absolute Gasteiger partial charge is 0.385 e. The van der Waals surface area contributed by atoms with Gasteiger partial charge in [0, 0.05) is 27.8 Å². The van der Waals surface area contributed by atoms with E-state index in [1.807, 2.05) is 0 Å². The van der Waals surface area contributed by atoms with E-state index in [0.29, 0.717) is 5.92 Å². The van der Waals surface area contributed by atoms with Gasteiger partial charge < -0.3 is 5.32 Å². The molecular weight excluding hydrogens is 300 g/mol. The molecule has 0 unspecified atom stereocenters. The number of benzene rings is 1. The van der Waals surface area contributed by atoms with Crippen molar-refractivity contribution < 1.29 is 0 Å². The molecule has 2 rings (SSSR count). The first-order valence-electron chi connectivity index (χ1n) is 6.85. The van der Waals surface area contributed by atoms with Gasteiger partial charge >= 0.3 is 0 Å². The molecule has 2 nitrogen and oxygen atoms in total. The predicted octanol–water partition coefficient (Wildman–Crippen LogP) is 4.94. The third-order valence-corrected chi connectivity index (χ3v) is 3.80. The Bertz CT molecular complexity index is 591.